The van der Waals surface area contributed by atoms with Gasteiger partial charge in [0.1, 0.15) is 0 Å². The third kappa shape index (κ3) is 2.38. The molecule has 0 radical (unpaired) electrons. The van der Waals surface area contributed by atoms with Crippen molar-refractivity contribution in [2.75, 3.05) is 0 Å². The van der Waals surface area contributed by atoms with E-state index in [4.69, 9.17) is 0 Å². The van der Waals surface area contributed by atoms with E-state index in [2.05, 4.69) is 20.9 Å². The van der Waals surface area contributed by atoms with E-state index < -0.39 is 15.8 Å². The van der Waals surface area contributed by atoms with Gasteiger partial charge in [-0.15, -0.1) is 0 Å². The van der Waals surface area contributed by atoms with Crippen molar-refractivity contribution in [3.8, 4) is 0 Å². The summed E-state index contributed by atoms with van der Waals surface area (Å²) in [5, 5.41) is 0.416. The molecule has 0 atom stereocenters. The lowest BCUT2D eigenvalue weighted by Gasteiger charge is -2.08. The molecule has 1 aromatic carbocycles. The Morgan fingerprint density at radius 1 is 1.24 bits per heavy atom. The summed E-state index contributed by atoms with van der Waals surface area (Å²) in [4.78, 5) is 4.08. The third-order valence-corrected chi connectivity index (χ3v) is 6.56. The number of pyridine rings is 1. The highest BCUT2D eigenvalue weighted by Gasteiger charge is 2.24. The maximum Gasteiger partial charge on any atom is 0.270 e. The van der Waals surface area contributed by atoms with Crippen LogP contribution in [0.1, 0.15) is 0 Å². The first-order chi connectivity index (χ1) is 9.93. The number of halogens is 3. The smallest absolute Gasteiger partial charge is 0.234 e. The molecule has 0 saturated heterocycles. The number of hydrogen-bond acceptors (Lipinski definition) is 3. The predicted octanol–water partition coefficient (Wildman–Crippen LogP) is 3.78. The van der Waals surface area contributed by atoms with Crippen LogP contribution in [0.15, 0.2) is 52.0 Å². The first-order valence-electron chi connectivity index (χ1n) is 5.74. The van der Waals surface area contributed by atoms with Crippen LogP contribution in [-0.4, -0.2) is 17.4 Å². The van der Waals surface area contributed by atoms with Gasteiger partial charge < -0.3 is 0 Å². The Kier molecular flexibility index (Phi) is 3.78. The first kappa shape index (κ1) is 14.9. The van der Waals surface area contributed by atoms with Gasteiger partial charge in [-0.2, -0.15) is 0 Å². The molecule has 0 fully saturated rings. The van der Waals surface area contributed by atoms with Gasteiger partial charge in [-0.25, -0.2) is 21.8 Å². The summed E-state index contributed by atoms with van der Waals surface area (Å²) in [5.74, 6) is -0.534. The third-order valence-electron chi connectivity index (χ3n) is 2.92. The minimum atomic E-state index is -3.78. The summed E-state index contributed by atoms with van der Waals surface area (Å²) < 4.78 is 40.8. The van der Waals surface area contributed by atoms with Crippen molar-refractivity contribution >= 4 is 59.6 Å². The molecule has 3 aromatic rings. The SMILES string of the molecule is O=S(=O)(c1ccccc1)n1c(I)cc2c(Br)c(F)cnc21. The van der Waals surface area contributed by atoms with Gasteiger partial charge in [0.15, 0.2) is 11.5 Å². The summed E-state index contributed by atoms with van der Waals surface area (Å²) >= 11 is 5.02. The van der Waals surface area contributed by atoms with E-state index in [9.17, 15) is 12.8 Å². The molecule has 2 heterocycles. The minimum Gasteiger partial charge on any atom is -0.234 e. The zero-order valence-electron chi connectivity index (χ0n) is 10.3. The molecule has 0 unspecified atom stereocenters. The second-order valence-electron chi connectivity index (χ2n) is 4.21. The van der Waals surface area contributed by atoms with Gasteiger partial charge in [0.25, 0.3) is 10.0 Å². The fourth-order valence-electron chi connectivity index (χ4n) is 1.97. The van der Waals surface area contributed by atoms with Crippen LogP contribution in [0.5, 0.6) is 0 Å². The quantitative estimate of drug-likeness (QED) is 0.524. The van der Waals surface area contributed by atoms with Crippen LogP contribution >= 0.6 is 38.5 Å². The number of nitrogens with zero attached hydrogens (tertiary/aromatic N) is 2. The van der Waals surface area contributed by atoms with E-state index in [1.54, 1.807) is 24.3 Å². The molecule has 0 saturated carbocycles. The molecule has 0 aliphatic carbocycles. The zero-order chi connectivity index (χ0) is 15.2. The van der Waals surface area contributed by atoms with Crippen molar-refractivity contribution in [2.45, 2.75) is 4.90 Å². The molecule has 0 N–H and O–H groups in total. The van der Waals surface area contributed by atoms with Gasteiger partial charge in [-0.3, -0.25) is 0 Å². The van der Waals surface area contributed by atoms with Crippen LogP contribution in [0.25, 0.3) is 11.0 Å². The number of aromatic nitrogens is 2. The van der Waals surface area contributed by atoms with Gasteiger partial charge in [-0.05, 0) is 56.7 Å². The monoisotopic (exact) mass is 480 g/mol. The molecular weight excluding hydrogens is 474 g/mol. The summed E-state index contributed by atoms with van der Waals surface area (Å²) in [6, 6.07) is 9.63. The van der Waals surface area contributed by atoms with Crippen molar-refractivity contribution in [1.82, 2.24) is 8.96 Å². The standard InChI is InChI=1S/C13H7BrFIN2O2S/c14-12-9-6-11(16)18(13(9)17-7-10(12)15)21(19,20)8-4-2-1-3-5-8/h1-7H. The van der Waals surface area contributed by atoms with Gasteiger partial charge in [0.2, 0.25) is 0 Å². The molecule has 0 aliphatic heterocycles. The van der Waals surface area contributed by atoms with Crippen LogP contribution in [0, 0.1) is 9.52 Å². The number of rotatable bonds is 2. The highest BCUT2D eigenvalue weighted by molar-refractivity contribution is 14.1. The average Bonchev–Trinajstić information content (AvgIpc) is 2.82. The fourth-order valence-corrected chi connectivity index (χ4v) is 5.05. The van der Waals surface area contributed by atoms with Gasteiger partial charge in [-0.1, -0.05) is 18.2 Å². The topological polar surface area (TPSA) is 52.0 Å². The van der Waals surface area contributed by atoms with Crippen molar-refractivity contribution in [2.24, 2.45) is 0 Å². The predicted molar refractivity (Wildman–Crippen MR) is 89.1 cm³/mol. The highest BCUT2D eigenvalue weighted by atomic mass is 127. The molecule has 4 nitrogen and oxygen atoms in total. The van der Waals surface area contributed by atoms with Crippen LogP contribution in [0.3, 0.4) is 0 Å². The van der Waals surface area contributed by atoms with Crippen LogP contribution < -0.4 is 0 Å². The Hall–Kier alpha value is -1.00. The normalized spacial score (nSPS) is 12.0. The van der Waals surface area contributed by atoms with Crippen LogP contribution in [-0.2, 0) is 10.0 Å². The average molecular weight is 481 g/mol. The Balaban J connectivity index is 2.36. The van der Waals surface area contributed by atoms with E-state index in [0.717, 1.165) is 10.2 Å². The zero-order valence-corrected chi connectivity index (χ0v) is 14.9. The van der Waals surface area contributed by atoms with E-state index in [1.807, 2.05) is 22.6 Å². The highest BCUT2D eigenvalue weighted by Crippen LogP contribution is 2.31. The number of benzene rings is 1. The molecule has 0 bridgehead atoms. The second kappa shape index (κ2) is 5.33. The maximum atomic E-state index is 13.5. The van der Waals surface area contributed by atoms with Gasteiger partial charge in [0.05, 0.1) is 19.3 Å². The number of hydrogen-bond donors (Lipinski definition) is 0. The lowest BCUT2D eigenvalue weighted by atomic mass is 10.3. The van der Waals surface area contributed by atoms with Crippen molar-refractivity contribution in [1.29, 1.82) is 0 Å². The van der Waals surface area contributed by atoms with Crippen molar-refractivity contribution < 1.29 is 12.8 Å². The summed E-state index contributed by atoms with van der Waals surface area (Å²) in [7, 11) is -3.78. The van der Waals surface area contributed by atoms with Crippen LogP contribution in [0.4, 0.5) is 4.39 Å². The lowest BCUT2D eigenvalue weighted by Crippen LogP contribution is -2.14. The van der Waals surface area contributed by atoms with Crippen molar-refractivity contribution in [3.05, 3.63) is 56.6 Å². The van der Waals surface area contributed by atoms with Crippen LogP contribution in [0.2, 0.25) is 0 Å². The molecule has 8 heteroatoms. The lowest BCUT2D eigenvalue weighted by molar-refractivity contribution is 0.587. The molecule has 0 aliphatic rings. The summed E-state index contributed by atoms with van der Waals surface area (Å²) in [6.45, 7) is 0. The summed E-state index contributed by atoms with van der Waals surface area (Å²) in [6.07, 6.45) is 1.000. The maximum absolute atomic E-state index is 13.5. The molecular formula is C13H7BrFIN2O2S. The Morgan fingerprint density at radius 3 is 2.57 bits per heavy atom. The minimum absolute atomic E-state index is 0.155. The van der Waals surface area contributed by atoms with E-state index >= 15 is 0 Å². The molecule has 0 spiro atoms. The second-order valence-corrected chi connectivity index (χ2v) is 7.89. The molecule has 21 heavy (non-hydrogen) atoms. The Labute approximate surface area is 142 Å². The Morgan fingerprint density at radius 2 is 1.90 bits per heavy atom. The van der Waals surface area contributed by atoms with E-state index in [1.165, 1.54) is 12.1 Å². The molecule has 3 rings (SSSR count). The van der Waals surface area contributed by atoms with E-state index in [-0.39, 0.29) is 15.0 Å². The van der Waals surface area contributed by atoms with E-state index in [0.29, 0.717) is 9.09 Å². The fraction of sp³-hybridized carbons (Fsp3) is 0. The van der Waals surface area contributed by atoms with Crippen molar-refractivity contribution in [3.63, 3.8) is 0 Å². The first-order valence-corrected chi connectivity index (χ1v) is 9.05. The Bertz CT molecular complexity index is 942. The van der Waals surface area contributed by atoms with Gasteiger partial charge >= 0.3 is 0 Å². The molecule has 108 valence electrons. The summed E-state index contributed by atoms with van der Waals surface area (Å²) in [5.41, 5.74) is 0.191. The molecule has 2 aromatic heterocycles. The number of fused-ring (bicyclic) bond motifs is 1. The molecule has 0 amide bonds. The van der Waals surface area contributed by atoms with Gasteiger partial charge in [0, 0.05) is 5.39 Å². The largest absolute Gasteiger partial charge is 0.270 e.